The van der Waals surface area contributed by atoms with Crippen molar-refractivity contribution in [2.24, 2.45) is 5.92 Å². The summed E-state index contributed by atoms with van der Waals surface area (Å²) in [5.74, 6) is 1.38. The number of carbonyl (C=O) groups is 2. The van der Waals surface area contributed by atoms with Gasteiger partial charge in [0.15, 0.2) is 6.10 Å². The van der Waals surface area contributed by atoms with Crippen LogP contribution in [0.1, 0.15) is 46.5 Å². The van der Waals surface area contributed by atoms with Gasteiger partial charge in [0.1, 0.15) is 5.75 Å². The second kappa shape index (κ2) is 7.46. The molecule has 1 fully saturated rings. The van der Waals surface area contributed by atoms with Gasteiger partial charge >= 0.3 is 0 Å². The highest BCUT2D eigenvalue weighted by Gasteiger charge is 2.34. The van der Waals surface area contributed by atoms with Crippen molar-refractivity contribution in [1.82, 2.24) is 4.90 Å². The average molecular weight is 344 g/mol. The van der Waals surface area contributed by atoms with Crippen LogP contribution in [-0.2, 0) is 9.59 Å². The summed E-state index contributed by atoms with van der Waals surface area (Å²) in [4.78, 5) is 29.0. The van der Waals surface area contributed by atoms with E-state index in [1.165, 1.54) is 0 Å². The number of anilines is 1. The standard InChI is InChI=1S/C20H28N2O3/c1-14(2)10-12-21(16-8-9-16)19(23)11-13-22-17-6-4-5-7-18(17)25-15(3)20(22)24/h4-7,14-16H,8-13H2,1-3H3. The van der Waals surface area contributed by atoms with Gasteiger partial charge in [-0.15, -0.1) is 0 Å². The van der Waals surface area contributed by atoms with Crippen molar-refractivity contribution < 1.29 is 14.3 Å². The molecule has 5 heteroatoms. The fourth-order valence-electron chi connectivity index (χ4n) is 3.23. The number of ether oxygens (including phenoxy) is 1. The molecule has 0 radical (unpaired) electrons. The van der Waals surface area contributed by atoms with Crippen LogP contribution in [0.15, 0.2) is 24.3 Å². The maximum Gasteiger partial charge on any atom is 0.267 e. The average Bonchev–Trinajstić information content (AvgIpc) is 3.40. The summed E-state index contributed by atoms with van der Waals surface area (Å²) < 4.78 is 5.66. The van der Waals surface area contributed by atoms with Gasteiger partial charge in [-0.3, -0.25) is 9.59 Å². The fourth-order valence-corrected chi connectivity index (χ4v) is 3.23. The molecule has 136 valence electrons. The van der Waals surface area contributed by atoms with Crippen LogP contribution >= 0.6 is 0 Å². The van der Waals surface area contributed by atoms with Crippen LogP contribution < -0.4 is 9.64 Å². The van der Waals surface area contributed by atoms with Crippen molar-refractivity contribution >= 4 is 17.5 Å². The van der Waals surface area contributed by atoms with E-state index < -0.39 is 6.10 Å². The minimum absolute atomic E-state index is 0.0772. The number of carbonyl (C=O) groups excluding carboxylic acids is 2. The van der Waals surface area contributed by atoms with Gasteiger partial charge in [-0.1, -0.05) is 26.0 Å². The van der Waals surface area contributed by atoms with E-state index in [-0.39, 0.29) is 11.8 Å². The molecule has 3 rings (SSSR count). The summed E-state index contributed by atoms with van der Waals surface area (Å²) in [7, 11) is 0. The zero-order chi connectivity index (χ0) is 18.0. The minimum Gasteiger partial charge on any atom is -0.479 e. The second-order valence-electron chi connectivity index (χ2n) is 7.47. The van der Waals surface area contributed by atoms with Gasteiger partial charge in [-0.2, -0.15) is 0 Å². The number of para-hydroxylation sites is 2. The lowest BCUT2D eigenvalue weighted by molar-refractivity contribution is -0.132. The molecule has 1 heterocycles. The summed E-state index contributed by atoms with van der Waals surface area (Å²) in [6.07, 6.45) is 3.10. The quantitative estimate of drug-likeness (QED) is 0.763. The summed E-state index contributed by atoms with van der Waals surface area (Å²) in [6, 6.07) is 7.94. The van der Waals surface area contributed by atoms with E-state index in [9.17, 15) is 9.59 Å². The molecule has 1 atom stereocenters. The molecule has 1 aromatic rings. The van der Waals surface area contributed by atoms with Gasteiger partial charge in [0.25, 0.3) is 5.91 Å². The third-order valence-corrected chi connectivity index (χ3v) is 4.88. The molecule has 5 nitrogen and oxygen atoms in total. The third kappa shape index (κ3) is 4.14. The molecule has 1 aliphatic heterocycles. The Morgan fingerprint density at radius 1 is 1.32 bits per heavy atom. The van der Waals surface area contributed by atoms with E-state index in [0.717, 1.165) is 31.5 Å². The Hall–Kier alpha value is -2.04. The van der Waals surface area contributed by atoms with Crippen molar-refractivity contribution in [3.05, 3.63) is 24.3 Å². The smallest absolute Gasteiger partial charge is 0.267 e. The molecule has 1 unspecified atom stereocenters. The molecule has 0 N–H and O–H groups in total. The molecule has 0 aromatic heterocycles. The topological polar surface area (TPSA) is 49.9 Å². The van der Waals surface area contributed by atoms with Gasteiger partial charge in [0, 0.05) is 25.6 Å². The van der Waals surface area contributed by atoms with E-state index >= 15 is 0 Å². The van der Waals surface area contributed by atoms with Gasteiger partial charge in [-0.25, -0.2) is 0 Å². The Balaban J connectivity index is 1.65. The summed E-state index contributed by atoms with van der Waals surface area (Å²) in [5.41, 5.74) is 0.763. The molecule has 0 spiro atoms. The van der Waals surface area contributed by atoms with Crippen LogP contribution in [0, 0.1) is 5.92 Å². The van der Waals surface area contributed by atoms with E-state index in [1.807, 2.05) is 29.2 Å². The molecular formula is C20H28N2O3. The van der Waals surface area contributed by atoms with E-state index in [2.05, 4.69) is 13.8 Å². The highest BCUT2D eigenvalue weighted by atomic mass is 16.5. The molecule has 1 aromatic carbocycles. The van der Waals surface area contributed by atoms with Crippen LogP contribution in [0.5, 0.6) is 5.75 Å². The highest BCUT2D eigenvalue weighted by Crippen LogP contribution is 2.34. The minimum atomic E-state index is -0.509. The fraction of sp³-hybridized carbons (Fsp3) is 0.600. The Bertz CT molecular complexity index is 640. The molecule has 1 saturated carbocycles. The molecule has 2 amide bonds. The molecule has 25 heavy (non-hydrogen) atoms. The van der Waals surface area contributed by atoms with Crippen molar-refractivity contribution in [2.45, 2.75) is 58.6 Å². The van der Waals surface area contributed by atoms with Crippen molar-refractivity contribution in [3.8, 4) is 5.75 Å². The van der Waals surface area contributed by atoms with Crippen LogP contribution in [0.25, 0.3) is 0 Å². The molecule has 0 bridgehead atoms. The zero-order valence-corrected chi connectivity index (χ0v) is 15.4. The number of nitrogens with zero attached hydrogens (tertiary/aromatic N) is 2. The number of rotatable bonds is 7. The lowest BCUT2D eigenvalue weighted by Crippen LogP contribution is -2.46. The van der Waals surface area contributed by atoms with E-state index in [0.29, 0.717) is 30.7 Å². The second-order valence-corrected chi connectivity index (χ2v) is 7.47. The van der Waals surface area contributed by atoms with Gasteiger partial charge < -0.3 is 14.5 Å². The Morgan fingerprint density at radius 2 is 2.04 bits per heavy atom. The van der Waals surface area contributed by atoms with Crippen molar-refractivity contribution in [2.75, 3.05) is 18.0 Å². The molecule has 2 aliphatic rings. The molecule has 1 aliphatic carbocycles. The lowest BCUT2D eigenvalue weighted by Gasteiger charge is -2.33. The summed E-state index contributed by atoms with van der Waals surface area (Å²) in [5, 5.41) is 0. The first-order valence-electron chi connectivity index (χ1n) is 9.34. The van der Waals surface area contributed by atoms with Crippen molar-refractivity contribution in [3.63, 3.8) is 0 Å². The Kier molecular flexibility index (Phi) is 5.30. The maximum absolute atomic E-state index is 12.7. The largest absolute Gasteiger partial charge is 0.479 e. The number of benzene rings is 1. The van der Waals surface area contributed by atoms with Crippen LogP contribution in [0.2, 0.25) is 0 Å². The maximum atomic E-state index is 12.7. The Morgan fingerprint density at radius 3 is 2.72 bits per heavy atom. The van der Waals surface area contributed by atoms with E-state index in [1.54, 1.807) is 11.8 Å². The van der Waals surface area contributed by atoms with Crippen LogP contribution in [0.4, 0.5) is 5.69 Å². The summed E-state index contributed by atoms with van der Waals surface area (Å²) in [6.45, 7) is 7.35. The van der Waals surface area contributed by atoms with Gasteiger partial charge in [0.2, 0.25) is 5.91 Å². The first kappa shape index (κ1) is 17.8. The molecular weight excluding hydrogens is 316 g/mol. The predicted octanol–water partition coefficient (Wildman–Crippen LogP) is 3.23. The number of amides is 2. The number of hydrogen-bond acceptors (Lipinski definition) is 3. The first-order valence-corrected chi connectivity index (χ1v) is 9.34. The first-order chi connectivity index (χ1) is 12.0. The SMILES string of the molecule is CC(C)CCN(C(=O)CCN1C(=O)C(C)Oc2ccccc21)C1CC1. The molecule has 0 saturated heterocycles. The van der Waals surface area contributed by atoms with Crippen molar-refractivity contribution in [1.29, 1.82) is 0 Å². The Labute approximate surface area is 149 Å². The monoisotopic (exact) mass is 344 g/mol. The summed E-state index contributed by atoms with van der Waals surface area (Å²) >= 11 is 0. The zero-order valence-electron chi connectivity index (χ0n) is 15.4. The van der Waals surface area contributed by atoms with Gasteiger partial charge in [0.05, 0.1) is 5.69 Å². The lowest BCUT2D eigenvalue weighted by atomic mass is 10.1. The van der Waals surface area contributed by atoms with Crippen LogP contribution in [-0.4, -0.2) is 41.9 Å². The number of hydrogen-bond donors (Lipinski definition) is 0. The highest BCUT2D eigenvalue weighted by molar-refractivity contribution is 6.00. The van der Waals surface area contributed by atoms with Gasteiger partial charge in [-0.05, 0) is 44.2 Å². The van der Waals surface area contributed by atoms with Crippen LogP contribution in [0.3, 0.4) is 0 Å². The third-order valence-electron chi connectivity index (χ3n) is 4.88. The normalized spacial score (nSPS) is 19.6. The predicted molar refractivity (Wildman–Crippen MR) is 97.7 cm³/mol. The number of fused-ring (bicyclic) bond motifs is 1. The van der Waals surface area contributed by atoms with E-state index in [4.69, 9.17) is 4.74 Å².